The number of nitrogens with zero attached hydrogens (tertiary/aromatic N) is 1. The summed E-state index contributed by atoms with van der Waals surface area (Å²) >= 11 is 0. The van der Waals surface area contributed by atoms with E-state index in [1.807, 2.05) is 0 Å². The zero-order chi connectivity index (χ0) is 13.4. The van der Waals surface area contributed by atoms with Gasteiger partial charge in [-0.05, 0) is 43.5 Å². The van der Waals surface area contributed by atoms with E-state index >= 15 is 0 Å². The van der Waals surface area contributed by atoms with Crippen LogP contribution < -0.4 is 5.32 Å². The Morgan fingerprint density at radius 2 is 2.05 bits per heavy atom. The molecule has 2 atom stereocenters. The van der Waals surface area contributed by atoms with Crippen molar-refractivity contribution >= 4 is 5.91 Å². The number of likely N-dealkylation sites (tertiary alicyclic amines) is 1. The molecule has 0 saturated carbocycles. The summed E-state index contributed by atoms with van der Waals surface area (Å²) in [6.45, 7) is 3.24. The highest BCUT2D eigenvalue weighted by atomic mass is 19.1. The first-order chi connectivity index (χ1) is 9.15. The van der Waals surface area contributed by atoms with Gasteiger partial charge in [0, 0.05) is 19.2 Å². The van der Waals surface area contributed by atoms with Crippen LogP contribution in [0.15, 0.2) is 18.2 Å². The van der Waals surface area contributed by atoms with Crippen molar-refractivity contribution < 1.29 is 13.6 Å². The Kier molecular flexibility index (Phi) is 3.22. The van der Waals surface area contributed by atoms with Gasteiger partial charge in [0.15, 0.2) is 0 Å². The average molecular weight is 266 g/mol. The third kappa shape index (κ3) is 2.34. The molecule has 0 aromatic heterocycles. The zero-order valence-corrected chi connectivity index (χ0v) is 10.5. The van der Waals surface area contributed by atoms with E-state index in [9.17, 15) is 13.6 Å². The summed E-state index contributed by atoms with van der Waals surface area (Å²) in [7, 11) is 0. The molecule has 2 aliphatic heterocycles. The lowest BCUT2D eigenvalue weighted by Gasteiger charge is -2.34. The summed E-state index contributed by atoms with van der Waals surface area (Å²) < 4.78 is 26.5. The van der Waals surface area contributed by atoms with Gasteiger partial charge in [-0.15, -0.1) is 0 Å². The Bertz CT molecular complexity index is 506. The van der Waals surface area contributed by atoms with Crippen molar-refractivity contribution in [1.82, 2.24) is 10.2 Å². The third-order valence-electron chi connectivity index (χ3n) is 4.15. The highest BCUT2D eigenvalue weighted by Gasteiger charge is 2.35. The molecule has 2 unspecified atom stereocenters. The number of halogens is 2. The summed E-state index contributed by atoms with van der Waals surface area (Å²) in [6.07, 6.45) is 0.951. The molecular formula is C14H16F2N2O. The molecule has 0 bridgehead atoms. The number of hydrogen-bond acceptors (Lipinski definition) is 2. The summed E-state index contributed by atoms with van der Waals surface area (Å²) in [4.78, 5) is 13.9. The molecule has 2 aliphatic rings. The number of amides is 1. The maximum Gasteiger partial charge on any atom is 0.256 e. The Labute approximate surface area is 110 Å². The Morgan fingerprint density at radius 1 is 1.26 bits per heavy atom. The molecule has 5 heteroatoms. The molecule has 0 radical (unpaired) electrons. The number of carbonyl (C=O) groups excluding carboxylic acids is 1. The number of carbonyl (C=O) groups is 1. The molecule has 102 valence electrons. The number of piperidine rings is 1. The van der Waals surface area contributed by atoms with Gasteiger partial charge in [0.1, 0.15) is 11.6 Å². The number of benzene rings is 1. The molecular weight excluding hydrogens is 250 g/mol. The molecule has 3 nitrogen and oxygen atoms in total. The molecule has 2 saturated heterocycles. The topological polar surface area (TPSA) is 32.3 Å². The summed E-state index contributed by atoms with van der Waals surface area (Å²) in [5.41, 5.74) is -0.0363. The first-order valence-electron chi connectivity index (χ1n) is 6.60. The fraction of sp³-hybridized carbons (Fsp3) is 0.500. The molecule has 3 rings (SSSR count). The molecule has 0 aliphatic carbocycles. The minimum Gasteiger partial charge on any atom is -0.338 e. The first kappa shape index (κ1) is 12.5. The summed E-state index contributed by atoms with van der Waals surface area (Å²) in [5, 5.41) is 3.32. The second-order valence-electron chi connectivity index (χ2n) is 5.34. The maximum atomic E-state index is 13.6. The summed E-state index contributed by atoms with van der Waals surface area (Å²) in [6, 6.07) is 3.11. The lowest BCUT2D eigenvalue weighted by Crippen LogP contribution is -2.43. The van der Waals surface area contributed by atoms with Gasteiger partial charge in [-0.1, -0.05) is 0 Å². The Morgan fingerprint density at radius 3 is 2.84 bits per heavy atom. The van der Waals surface area contributed by atoms with Gasteiger partial charge in [0.25, 0.3) is 5.91 Å². The normalized spacial score (nSPS) is 26.3. The molecule has 2 heterocycles. The van der Waals surface area contributed by atoms with Crippen molar-refractivity contribution in [1.29, 1.82) is 0 Å². The van der Waals surface area contributed by atoms with Crippen LogP contribution in [-0.4, -0.2) is 37.0 Å². The van der Waals surface area contributed by atoms with Crippen molar-refractivity contribution in [3.8, 4) is 0 Å². The lowest BCUT2D eigenvalue weighted by molar-refractivity contribution is 0.0637. The van der Waals surface area contributed by atoms with E-state index in [2.05, 4.69) is 5.32 Å². The van der Waals surface area contributed by atoms with Crippen molar-refractivity contribution in [2.45, 2.75) is 6.42 Å². The van der Waals surface area contributed by atoms with E-state index in [4.69, 9.17) is 0 Å². The van der Waals surface area contributed by atoms with Crippen LogP contribution in [0.4, 0.5) is 8.78 Å². The minimum absolute atomic E-state index is 0.0363. The fourth-order valence-electron chi connectivity index (χ4n) is 3.05. The largest absolute Gasteiger partial charge is 0.338 e. The maximum absolute atomic E-state index is 13.6. The standard InChI is InChI=1S/C14H16F2N2O/c15-11-1-2-12(13(16)5-11)14(19)18-4-3-9-6-17-7-10(9)8-18/h1-2,5,9-10,17H,3-4,6-8H2. The monoisotopic (exact) mass is 266 g/mol. The van der Waals surface area contributed by atoms with Gasteiger partial charge < -0.3 is 10.2 Å². The van der Waals surface area contributed by atoms with Crippen LogP contribution in [0.2, 0.25) is 0 Å². The van der Waals surface area contributed by atoms with Crippen LogP contribution in [0.25, 0.3) is 0 Å². The first-order valence-corrected chi connectivity index (χ1v) is 6.60. The van der Waals surface area contributed by atoms with E-state index in [1.54, 1.807) is 4.90 Å². The predicted molar refractivity (Wildman–Crippen MR) is 66.7 cm³/mol. The van der Waals surface area contributed by atoms with Gasteiger partial charge in [0.2, 0.25) is 0 Å². The average Bonchev–Trinajstić information content (AvgIpc) is 2.85. The zero-order valence-electron chi connectivity index (χ0n) is 10.5. The van der Waals surface area contributed by atoms with Crippen LogP contribution in [0.1, 0.15) is 16.8 Å². The molecule has 1 amide bonds. The van der Waals surface area contributed by atoms with Gasteiger partial charge in [-0.25, -0.2) is 8.78 Å². The quantitative estimate of drug-likeness (QED) is 0.838. The van der Waals surface area contributed by atoms with Crippen LogP contribution in [0.3, 0.4) is 0 Å². The second-order valence-corrected chi connectivity index (χ2v) is 5.34. The molecule has 2 fully saturated rings. The Balaban J connectivity index is 1.76. The van der Waals surface area contributed by atoms with E-state index in [0.717, 1.165) is 31.6 Å². The number of hydrogen-bond donors (Lipinski definition) is 1. The van der Waals surface area contributed by atoms with Crippen molar-refractivity contribution in [3.05, 3.63) is 35.4 Å². The highest BCUT2D eigenvalue weighted by Crippen LogP contribution is 2.27. The predicted octanol–water partition coefficient (Wildman–Crippen LogP) is 1.65. The van der Waals surface area contributed by atoms with Crippen LogP contribution in [0.5, 0.6) is 0 Å². The number of nitrogens with one attached hydrogen (secondary N) is 1. The van der Waals surface area contributed by atoms with Gasteiger partial charge in [-0.3, -0.25) is 4.79 Å². The molecule has 19 heavy (non-hydrogen) atoms. The molecule has 0 spiro atoms. The SMILES string of the molecule is O=C(c1ccc(F)cc1F)N1CCC2CNCC2C1. The third-order valence-corrected chi connectivity index (χ3v) is 4.15. The Hall–Kier alpha value is -1.49. The van der Waals surface area contributed by atoms with Crippen molar-refractivity contribution in [3.63, 3.8) is 0 Å². The van der Waals surface area contributed by atoms with Crippen molar-refractivity contribution in [2.75, 3.05) is 26.2 Å². The smallest absolute Gasteiger partial charge is 0.256 e. The minimum atomic E-state index is -0.781. The van der Waals surface area contributed by atoms with Crippen molar-refractivity contribution in [2.24, 2.45) is 11.8 Å². The van der Waals surface area contributed by atoms with E-state index in [1.165, 1.54) is 6.07 Å². The fourth-order valence-corrected chi connectivity index (χ4v) is 3.05. The number of fused-ring (bicyclic) bond motifs is 1. The molecule has 1 aromatic rings. The van der Waals surface area contributed by atoms with Crippen LogP contribution in [-0.2, 0) is 0 Å². The number of rotatable bonds is 1. The van der Waals surface area contributed by atoms with Crippen LogP contribution >= 0.6 is 0 Å². The second kappa shape index (κ2) is 4.89. The molecule has 1 N–H and O–H groups in total. The van der Waals surface area contributed by atoms with E-state index in [-0.39, 0.29) is 11.5 Å². The van der Waals surface area contributed by atoms with Gasteiger partial charge >= 0.3 is 0 Å². The van der Waals surface area contributed by atoms with Crippen LogP contribution in [0, 0.1) is 23.5 Å². The van der Waals surface area contributed by atoms with E-state index < -0.39 is 11.6 Å². The van der Waals surface area contributed by atoms with E-state index in [0.29, 0.717) is 24.9 Å². The van der Waals surface area contributed by atoms with Gasteiger partial charge in [-0.2, -0.15) is 0 Å². The molecule has 1 aromatic carbocycles. The van der Waals surface area contributed by atoms with Gasteiger partial charge in [0.05, 0.1) is 5.56 Å². The lowest BCUT2D eigenvalue weighted by atomic mass is 9.88. The highest BCUT2D eigenvalue weighted by molar-refractivity contribution is 5.94. The summed E-state index contributed by atoms with van der Waals surface area (Å²) in [5.74, 6) is -0.685.